The van der Waals surface area contributed by atoms with Crippen LogP contribution in [0.15, 0.2) is 132 Å². The number of hydrogen-bond donors (Lipinski definition) is 4. The molecule has 6 rings (SSSR count). The van der Waals surface area contributed by atoms with Crippen molar-refractivity contribution in [3.8, 4) is 22.9 Å². The van der Waals surface area contributed by atoms with Gasteiger partial charge in [0.05, 0.1) is 33.4 Å². The summed E-state index contributed by atoms with van der Waals surface area (Å²) in [6.07, 6.45) is 0. The standard InChI is InChI=1S/C16H15N5O4S.C16H13N5O4.Cr.Na/c1-10-15(16(23)21(20-10)11-5-3-2-4-6-11)19-18-13-9-12(26(17,24)25)7-8-14(13)22;1-10-15(16(23)20(19-10)11-5-3-2-4-6-11)18-17-13-9-12(21(24)25)7-8-14(13)22;;/h2-9,20,22H,1H3,(H2,17,24,25);2-9,19,22H,1H3;;/q;;;+1. The molecule has 0 aliphatic carbocycles. The van der Waals surface area contributed by atoms with Crippen molar-refractivity contribution in [1.82, 2.24) is 19.6 Å². The Bertz CT molecular complexity index is 2530. The molecule has 53 heavy (non-hydrogen) atoms. The molecule has 0 aliphatic heterocycles. The second-order valence-corrected chi connectivity index (χ2v) is 12.4. The van der Waals surface area contributed by atoms with Crippen LogP contribution >= 0.6 is 0 Å². The monoisotopic (exact) mass is 787 g/mol. The maximum Gasteiger partial charge on any atom is 1.00 e. The number of aromatic nitrogens is 4. The minimum Gasteiger partial charge on any atom is -0.871 e. The second-order valence-electron chi connectivity index (χ2n) is 10.7. The molecule has 0 atom stereocenters. The first kappa shape index (κ1) is 42.0. The topological polar surface area (TPSA) is 273 Å². The minimum absolute atomic E-state index is 0. The quantitative estimate of drug-likeness (QED) is 0.0756. The number of sulfonamides is 1. The number of H-pyrrole nitrogens is 2. The molecule has 0 saturated carbocycles. The van der Waals surface area contributed by atoms with Gasteiger partial charge >= 0.3 is 39.6 Å². The average Bonchev–Trinajstić information content (AvgIpc) is 3.56. The van der Waals surface area contributed by atoms with Gasteiger partial charge in [0, 0.05) is 29.5 Å². The molecular weight excluding hydrogens is 759 g/mol. The number of hydrogen-bond acceptors (Lipinski definition) is 12. The van der Waals surface area contributed by atoms with Gasteiger partial charge in [0.15, 0.2) is 11.4 Å². The number of para-hydroxylation sites is 2. The van der Waals surface area contributed by atoms with E-state index in [-0.39, 0.29) is 86.0 Å². The maximum atomic E-state index is 12.5. The number of nitro benzene ring substituents is 1. The molecule has 0 amide bonds. The third kappa shape index (κ3) is 9.91. The Morgan fingerprint density at radius 1 is 0.736 bits per heavy atom. The van der Waals surface area contributed by atoms with Gasteiger partial charge in [-0.25, -0.2) is 14.5 Å². The zero-order valence-electron chi connectivity index (χ0n) is 28.2. The molecule has 6 aromatic rings. The molecule has 4 aromatic carbocycles. The van der Waals surface area contributed by atoms with Crippen LogP contribution in [0.4, 0.5) is 28.4 Å². The number of quaternary nitrogens is 1. The summed E-state index contributed by atoms with van der Waals surface area (Å²) < 4.78 is 25.7. The van der Waals surface area contributed by atoms with Gasteiger partial charge in [-0.1, -0.05) is 48.2 Å². The Balaban J connectivity index is 0.000000275. The summed E-state index contributed by atoms with van der Waals surface area (Å²) >= 11 is 0. The van der Waals surface area contributed by atoms with Crippen LogP contribution in [0.5, 0.6) is 11.5 Å². The molecule has 0 bridgehead atoms. The molecule has 6 N–H and O–H groups in total. The SMILES string of the molecule is Cc1[nH]n(-c2ccccc2)c(=O)c1N=Nc1cc(S([NH3+])(=O)=O)ccc1O.Cc1[nH]n(-c2ccccc2)c(=O)c1N=Nc1cc([N+](=O)[O-])ccc1[O-].[Cr].[Na+]. The van der Waals surface area contributed by atoms with E-state index in [0.717, 1.165) is 24.3 Å². The molecule has 2 heterocycles. The Hall–Kier alpha value is -5.46. The van der Waals surface area contributed by atoms with Crippen molar-refractivity contribution in [2.24, 2.45) is 20.5 Å². The van der Waals surface area contributed by atoms with Gasteiger partial charge in [0.2, 0.25) is 0 Å². The molecule has 0 spiro atoms. The zero-order chi connectivity index (χ0) is 36.9. The predicted octanol–water partition coefficient (Wildman–Crippen LogP) is 1.40. The third-order valence-electron chi connectivity index (χ3n) is 7.08. The van der Waals surface area contributed by atoms with Crippen LogP contribution < -0.4 is 50.9 Å². The van der Waals surface area contributed by atoms with Crippen LogP contribution in [0.1, 0.15) is 11.4 Å². The van der Waals surface area contributed by atoms with E-state index in [4.69, 9.17) is 0 Å². The van der Waals surface area contributed by atoms with Gasteiger partial charge < -0.3 is 10.2 Å². The van der Waals surface area contributed by atoms with Crippen LogP contribution in [0, 0.1) is 24.0 Å². The number of non-ortho nitro benzene ring substituents is 1. The van der Waals surface area contributed by atoms with Crippen molar-refractivity contribution in [2.75, 3.05) is 0 Å². The number of benzene rings is 4. The fraction of sp³-hybridized carbons (Fsp3) is 0.0625. The average molecular weight is 788 g/mol. The van der Waals surface area contributed by atoms with Crippen LogP contribution in [-0.4, -0.2) is 38.0 Å². The number of nitrogens with one attached hydrogen (secondary N) is 2. The molecule has 266 valence electrons. The van der Waals surface area contributed by atoms with Crippen molar-refractivity contribution < 1.29 is 75.6 Å². The normalized spacial score (nSPS) is 11.1. The summed E-state index contributed by atoms with van der Waals surface area (Å²) in [6.45, 7) is 3.30. The summed E-state index contributed by atoms with van der Waals surface area (Å²) in [5.41, 5.74) is 0.835. The first-order valence-corrected chi connectivity index (χ1v) is 16.3. The van der Waals surface area contributed by atoms with Gasteiger partial charge in [-0.3, -0.25) is 29.9 Å². The van der Waals surface area contributed by atoms with E-state index in [1.807, 2.05) is 12.1 Å². The first-order chi connectivity index (χ1) is 24.2. The second kappa shape index (κ2) is 17.8. The van der Waals surface area contributed by atoms with Gasteiger partial charge in [-0.05, 0) is 56.3 Å². The van der Waals surface area contributed by atoms with Crippen molar-refractivity contribution in [2.45, 2.75) is 18.7 Å². The zero-order valence-corrected chi connectivity index (χ0v) is 32.3. The summed E-state index contributed by atoms with van der Waals surface area (Å²) in [7, 11) is -3.71. The number of phenolic OH excluding ortho intramolecular Hbond substituents is 1. The Labute approximate surface area is 333 Å². The third-order valence-corrected chi connectivity index (χ3v) is 8.06. The number of aryl methyl sites for hydroxylation is 2. The van der Waals surface area contributed by atoms with Gasteiger partial charge in [-0.15, -0.1) is 15.3 Å². The van der Waals surface area contributed by atoms with E-state index < -0.39 is 31.8 Å². The number of phenols is 1. The van der Waals surface area contributed by atoms with Crippen molar-refractivity contribution in [1.29, 1.82) is 0 Å². The number of azo groups is 2. The van der Waals surface area contributed by atoms with E-state index in [9.17, 15) is 38.3 Å². The van der Waals surface area contributed by atoms with Crippen molar-refractivity contribution in [3.05, 3.63) is 139 Å². The molecule has 0 unspecified atom stereocenters. The first-order valence-electron chi connectivity index (χ1n) is 14.7. The van der Waals surface area contributed by atoms with Gasteiger partial charge in [0.1, 0.15) is 16.3 Å². The molecular formula is C32H28CrN10NaO8S+. The Morgan fingerprint density at radius 3 is 1.66 bits per heavy atom. The number of nitrogens with zero attached hydrogens (tertiary/aromatic N) is 7. The molecule has 0 fully saturated rings. The summed E-state index contributed by atoms with van der Waals surface area (Å²) in [6, 6.07) is 24.5. The summed E-state index contributed by atoms with van der Waals surface area (Å²) in [5.74, 6) is -0.788. The molecule has 18 nitrogen and oxygen atoms in total. The number of nitro groups is 1. The smallest absolute Gasteiger partial charge is 0.871 e. The minimum atomic E-state index is -3.71. The number of rotatable bonds is 8. The largest absolute Gasteiger partial charge is 1.00 e. The fourth-order valence-electron chi connectivity index (χ4n) is 4.51. The van der Waals surface area contributed by atoms with Crippen LogP contribution in [0.3, 0.4) is 0 Å². The van der Waals surface area contributed by atoms with E-state index in [1.165, 1.54) is 21.5 Å². The fourth-order valence-corrected chi connectivity index (χ4v) is 5.08. The maximum absolute atomic E-state index is 12.5. The van der Waals surface area contributed by atoms with E-state index in [1.54, 1.807) is 62.4 Å². The molecule has 0 radical (unpaired) electrons. The number of aromatic hydroxyl groups is 1. The summed E-state index contributed by atoms with van der Waals surface area (Å²) in [5, 5.41) is 56.5. The van der Waals surface area contributed by atoms with E-state index in [2.05, 4.69) is 35.8 Å². The van der Waals surface area contributed by atoms with E-state index >= 15 is 0 Å². The number of aromatic amines is 2. The molecule has 2 aromatic heterocycles. The van der Waals surface area contributed by atoms with Crippen LogP contribution in [0.2, 0.25) is 0 Å². The summed E-state index contributed by atoms with van der Waals surface area (Å²) in [4.78, 5) is 35.0. The van der Waals surface area contributed by atoms with E-state index in [0.29, 0.717) is 22.8 Å². The van der Waals surface area contributed by atoms with Crippen LogP contribution in [0.25, 0.3) is 11.4 Å². The Kier molecular flexibility index (Phi) is 14.1. The molecule has 21 heteroatoms. The molecule has 0 saturated heterocycles. The van der Waals surface area contributed by atoms with Crippen molar-refractivity contribution in [3.63, 3.8) is 0 Å². The van der Waals surface area contributed by atoms with Gasteiger partial charge in [0.25, 0.3) is 16.8 Å². The molecule has 0 aliphatic rings. The van der Waals surface area contributed by atoms with Gasteiger partial charge in [-0.2, -0.15) is 13.5 Å². The van der Waals surface area contributed by atoms with Crippen LogP contribution in [-0.2, 0) is 27.4 Å². The van der Waals surface area contributed by atoms with Crippen molar-refractivity contribution >= 4 is 38.5 Å². The predicted molar refractivity (Wildman–Crippen MR) is 181 cm³/mol. The Morgan fingerprint density at radius 2 is 1.21 bits per heavy atom.